The van der Waals surface area contributed by atoms with Gasteiger partial charge in [0, 0.05) is 0 Å². The second kappa shape index (κ2) is 7.32. The standard InChI is InChI=1S/2C8H11.2ClH.Ti/c2*1-6-4-7(2)8(3)5-6;;;/h4,8H,1-3H3;4,6H,1-3H3;2*1H;/q;;;;+2/p-2. The average Bonchev–Trinajstić information content (AvgIpc) is 2.62. The summed E-state index contributed by atoms with van der Waals surface area (Å²) in [6.45, 7) is 13.9. The van der Waals surface area contributed by atoms with Crippen molar-refractivity contribution in [2.45, 2.75) is 41.5 Å². The smallest absolute Gasteiger partial charge is 1.00 e. The number of hydrogen-bond donors (Lipinski definition) is 0. The maximum atomic E-state index is 2.43. The largest absolute Gasteiger partial charge is 1.00 e. The summed E-state index contributed by atoms with van der Waals surface area (Å²) < 4.78 is 3.51. The Bertz CT molecular complexity index is 481. The fourth-order valence-corrected chi connectivity index (χ4v) is 5.46. The van der Waals surface area contributed by atoms with E-state index in [2.05, 4.69) is 53.7 Å². The molecule has 2 rings (SSSR count). The van der Waals surface area contributed by atoms with Crippen LogP contribution in [0.25, 0.3) is 0 Å². The second-order valence-electron chi connectivity index (χ2n) is 5.51. The van der Waals surface area contributed by atoms with E-state index in [4.69, 9.17) is 0 Å². The van der Waals surface area contributed by atoms with Gasteiger partial charge in [0.05, 0.1) is 0 Å². The molecule has 2 unspecified atom stereocenters. The molecule has 0 aromatic carbocycles. The molecule has 19 heavy (non-hydrogen) atoms. The molecule has 0 fully saturated rings. The Labute approximate surface area is 139 Å². The van der Waals surface area contributed by atoms with Crippen molar-refractivity contribution in [3.63, 3.8) is 0 Å². The molecule has 0 spiro atoms. The van der Waals surface area contributed by atoms with E-state index >= 15 is 0 Å². The van der Waals surface area contributed by atoms with Gasteiger partial charge in [0.15, 0.2) is 0 Å². The Balaban J connectivity index is 0.00000162. The fourth-order valence-electron chi connectivity index (χ4n) is 2.81. The average molecular weight is 333 g/mol. The Morgan fingerprint density at radius 1 is 0.947 bits per heavy atom. The van der Waals surface area contributed by atoms with Gasteiger partial charge in [-0.3, -0.25) is 0 Å². The SMILES string of the molecule is CC1=CC(C)[C]([Ti+2][C]2=C(C)C=C(C)C2C)=C1C.[Cl-].[Cl-]. The fraction of sp³-hybridized carbons (Fsp3) is 0.500. The van der Waals surface area contributed by atoms with Crippen LogP contribution >= 0.6 is 0 Å². The molecule has 2 aliphatic rings. The van der Waals surface area contributed by atoms with Gasteiger partial charge in [-0.2, -0.15) is 0 Å². The topological polar surface area (TPSA) is 0 Å². The molecule has 0 N–H and O–H groups in total. The Morgan fingerprint density at radius 3 is 1.89 bits per heavy atom. The minimum Gasteiger partial charge on any atom is -1.00 e. The van der Waals surface area contributed by atoms with Gasteiger partial charge in [-0.25, -0.2) is 0 Å². The molecule has 0 heterocycles. The maximum Gasteiger partial charge on any atom is -1.00 e. The first-order valence-electron chi connectivity index (χ1n) is 6.47. The molecule has 2 atom stereocenters. The van der Waals surface area contributed by atoms with Crippen LogP contribution in [-0.4, -0.2) is 0 Å². The van der Waals surface area contributed by atoms with Gasteiger partial charge in [0.2, 0.25) is 0 Å². The summed E-state index contributed by atoms with van der Waals surface area (Å²) in [6.07, 6.45) is 4.82. The molecule has 0 amide bonds. The van der Waals surface area contributed by atoms with Crippen LogP contribution < -0.4 is 24.8 Å². The van der Waals surface area contributed by atoms with Gasteiger partial charge in [-0.05, 0) is 0 Å². The molecule has 0 nitrogen and oxygen atoms in total. The minimum atomic E-state index is -0.0939. The number of hydrogen-bond acceptors (Lipinski definition) is 0. The molecule has 0 saturated carbocycles. The van der Waals surface area contributed by atoms with Crippen molar-refractivity contribution >= 4 is 0 Å². The van der Waals surface area contributed by atoms with Crippen LogP contribution in [0, 0.1) is 11.8 Å². The third-order valence-corrected chi connectivity index (χ3v) is 7.63. The Kier molecular flexibility index (Phi) is 7.41. The van der Waals surface area contributed by atoms with Crippen molar-refractivity contribution < 1.29 is 44.0 Å². The number of allylic oxidation sites excluding steroid dienone is 8. The van der Waals surface area contributed by atoms with Crippen molar-refractivity contribution in [2.24, 2.45) is 11.8 Å². The molecule has 0 saturated heterocycles. The van der Waals surface area contributed by atoms with Crippen molar-refractivity contribution in [1.82, 2.24) is 0 Å². The zero-order chi connectivity index (χ0) is 12.7. The summed E-state index contributed by atoms with van der Waals surface area (Å²) in [7, 11) is 0. The van der Waals surface area contributed by atoms with Gasteiger partial charge < -0.3 is 24.8 Å². The summed E-state index contributed by atoms with van der Waals surface area (Å²) in [5, 5.41) is 0. The summed E-state index contributed by atoms with van der Waals surface area (Å²) in [4.78, 5) is 0. The van der Waals surface area contributed by atoms with Crippen LogP contribution in [0.3, 0.4) is 0 Å². The summed E-state index contributed by atoms with van der Waals surface area (Å²) >= 11 is -0.0939. The maximum absolute atomic E-state index is 2.43. The van der Waals surface area contributed by atoms with Crippen molar-refractivity contribution in [1.29, 1.82) is 0 Å². The summed E-state index contributed by atoms with van der Waals surface area (Å²) in [5.74, 6) is 1.38. The van der Waals surface area contributed by atoms with E-state index in [0.29, 0.717) is 11.8 Å². The van der Waals surface area contributed by atoms with Crippen LogP contribution in [0.2, 0.25) is 0 Å². The monoisotopic (exact) mass is 332 g/mol. The molecule has 104 valence electrons. The number of rotatable bonds is 2. The predicted molar refractivity (Wildman–Crippen MR) is 71.2 cm³/mol. The van der Waals surface area contributed by atoms with Crippen LogP contribution in [-0.2, 0) is 19.2 Å². The van der Waals surface area contributed by atoms with E-state index in [1.54, 1.807) is 24.5 Å². The quantitative estimate of drug-likeness (QED) is 0.558. The van der Waals surface area contributed by atoms with Gasteiger partial charge in [-0.1, -0.05) is 0 Å². The molecule has 0 radical (unpaired) electrons. The second-order valence-corrected chi connectivity index (χ2v) is 7.58. The van der Waals surface area contributed by atoms with Gasteiger partial charge >= 0.3 is 115 Å². The van der Waals surface area contributed by atoms with Gasteiger partial charge in [-0.15, -0.1) is 0 Å². The van der Waals surface area contributed by atoms with E-state index in [1.807, 2.05) is 0 Å². The Hall–Kier alpha value is 0.254. The van der Waals surface area contributed by atoms with E-state index < -0.39 is 0 Å². The van der Waals surface area contributed by atoms with Crippen LogP contribution in [0.4, 0.5) is 0 Å². The van der Waals surface area contributed by atoms with Crippen molar-refractivity contribution in [3.8, 4) is 0 Å². The van der Waals surface area contributed by atoms with Gasteiger partial charge in [0.25, 0.3) is 0 Å². The van der Waals surface area contributed by atoms with Crippen LogP contribution in [0.5, 0.6) is 0 Å². The zero-order valence-corrected chi connectivity index (χ0v) is 15.6. The van der Waals surface area contributed by atoms with E-state index in [9.17, 15) is 0 Å². The molecule has 2 aliphatic carbocycles. The van der Waals surface area contributed by atoms with Gasteiger partial charge in [0.1, 0.15) is 0 Å². The van der Waals surface area contributed by atoms with Crippen molar-refractivity contribution in [3.05, 3.63) is 42.2 Å². The van der Waals surface area contributed by atoms with E-state index in [0.717, 1.165) is 0 Å². The molecule has 0 aromatic heterocycles. The van der Waals surface area contributed by atoms with Crippen LogP contribution in [0.15, 0.2) is 42.2 Å². The predicted octanol–water partition coefficient (Wildman–Crippen LogP) is -1.18. The molecular weight excluding hydrogens is 311 g/mol. The van der Waals surface area contributed by atoms with Crippen molar-refractivity contribution in [2.75, 3.05) is 0 Å². The van der Waals surface area contributed by atoms with E-state index in [-0.39, 0.29) is 44.0 Å². The zero-order valence-electron chi connectivity index (χ0n) is 12.6. The third kappa shape index (κ3) is 3.67. The number of halogens is 2. The Morgan fingerprint density at radius 2 is 1.53 bits per heavy atom. The molecule has 3 heteroatoms. The van der Waals surface area contributed by atoms with Crippen LogP contribution in [0.1, 0.15) is 41.5 Å². The molecule has 0 aliphatic heterocycles. The van der Waals surface area contributed by atoms with E-state index in [1.165, 1.54) is 5.57 Å². The summed E-state index contributed by atoms with van der Waals surface area (Å²) in [6, 6.07) is 0. The third-order valence-electron chi connectivity index (χ3n) is 4.21. The molecule has 0 aromatic rings. The first-order valence-corrected chi connectivity index (χ1v) is 8.03. The molecular formula is C16H22Cl2Ti. The first-order chi connectivity index (χ1) is 7.91. The molecule has 0 bridgehead atoms. The first kappa shape index (κ1) is 19.3. The summed E-state index contributed by atoms with van der Waals surface area (Å²) in [5.41, 5.74) is 6.18. The normalized spacial score (nSPS) is 25.6. The minimum absolute atomic E-state index is 0.